The monoisotopic (exact) mass is 358 g/mol. The molecule has 130 valence electrons. The molecule has 0 aliphatic carbocycles. The minimum atomic E-state index is -0.634. The van der Waals surface area contributed by atoms with E-state index in [0.717, 1.165) is 11.3 Å². The van der Waals surface area contributed by atoms with E-state index in [9.17, 15) is 9.59 Å². The van der Waals surface area contributed by atoms with Crippen LogP contribution in [0.4, 0.5) is 0 Å². The molecule has 0 aliphatic heterocycles. The number of nitrogens with one attached hydrogen (secondary N) is 1. The third-order valence-electron chi connectivity index (χ3n) is 4.24. The minimum absolute atomic E-state index is 0.256. The van der Waals surface area contributed by atoms with Crippen LogP contribution in [0.2, 0.25) is 5.02 Å². The van der Waals surface area contributed by atoms with Crippen LogP contribution in [0.15, 0.2) is 41.5 Å². The van der Waals surface area contributed by atoms with Gasteiger partial charge in [-0.3, -0.25) is 9.59 Å². The molecule has 1 amide bonds. The van der Waals surface area contributed by atoms with Gasteiger partial charge in [0, 0.05) is 18.3 Å². The molecule has 0 radical (unpaired) electrons. The largest absolute Gasteiger partial charge is 0.343 e. The van der Waals surface area contributed by atoms with Gasteiger partial charge in [-0.05, 0) is 38.5 Å². The van der Waals surface area contributed by atoms with Crippen molar-refractivity contribution >= 4 is 23.0 Å². The zero-order valence-electron chi connectivity index (χ0n) is 14.5. The van der Waals surface area contributed by atoms with Crippen molar-refractivity contribution < 1.29 is 4.79 Å². The molecule has 0 spiro atoms. The Morgan fingerprint density at radius 1 is 1.24 bits per heavy atom. The normalized spacial score (nSPS) is 11.7. The maximum absolute atomic E-state index is 12.8. The molecule has 0 atom stereocenters. The lowest BCUT2D eigenvalue weighted by Gasteiger charge is -2.26. The fraction of sp³-hybridized carbons (Fsp3) is 0.278. The first-order valence-corrected chi connectivity index (χ1v) is 8.21. The summed E-state index contributed by atoms with van der Waals surface area (Å²) in [5, 5.41) is 7.78. The lowest BCUT2D eigenvalue weighted by atomic mass is 9.94. The van der Waals surface area contributed by atoms with Gasteiger partial charge >= 0.3 is 0 Å². The van der Waals surface area contributed by atoms with Crippen molar-refractivity contribution in [1.82, 2.24) is 19.5 Å². The first-order valence-electron chi connectivity index (χ1n) is 7.83. The Bertz CT molecular complexity index is 1020. The van der Waals surface area contributed by atoms with Crippen LogP contribution < -0.4 is 10.9 Å². The number of nitrogens with zero attached hydrogens (tertiary/aromatic N) is 3. The van der Waals surface area contributed by atoms with E-state index in [1.54, 1.807) is 25.4 Å². The van der Waals surface area contributed by atoms with E-state index in [-0.39, 0.29) is 22.5 Å². The SMILES string of the molecule is Cc1cn(C)c(=O)c2c(C(=O)NC(C)(C)c3ccc(Cl)cc3)cnn12. The molecular formula is C18H19ClN4O2. The van der Waals surface area contributed by atoms with Crippen molar-refractivity contribution in [2.45, 2.75) is 26.3 Å². The van der Waals surface area contributed by atoms with Gasteiger partial charge in [0.15, 0.2) is 0 Å². The van der Waals surface area contributed by atoms with Gasteiger partial charge in [0.05, 0.1) is 23.0 Å². The number of hydrogen-bond donors (Lipinski definition) is 1. The number of hydrogen-bond acceptors (Lipinski definition) is 3. The molecule has 0 saturated heterocycles. The number of aromatic nitrogens is 3. The lowest BCUT2D eigenvalue weighted by Crippen LogP contribution is -2.41. The first kappa shape index (κ1) is 17.2. The van der Waals surface area contributed by atoms with Gasteiger partial charge < -0.3 is 9.88 Å². The van der Waals surface area contributed by atoms with Crippen LogP contribution in [0.3, 0.4) is 0 Å². The highest BCUT2D eigenvalue weighted by atomic mass is 35.5. The second kappa shape index (κ2) is 6.04. The van der Waals surface area contributed by atoms with Gasteiger partial charge in [-0.25, -0.2) is 4.52 Å². The van der Waals surface area contributed by atoms with E-state index in [1.165, 1.54) is 15.3 Å². The highest BCUT2D eigenvalue weighted by Gasteiger charge is 2.26. The van der Waals surface area contributed by atoms with E-state index < -0.39 is 5.54 Å². The van der Waals surface area contributed by atoms with Crippen LogP contribution in [-0.2, 0) is 12.6 Å². The average Bonchev–Trinajstić information content (AvgIpc) is 2.98. The molecule has 2 aromatic heterocycles. The molecule has 6 nitrogen and oxygen atoms in total. The molecule has 1 aromatic carbocycles. The standard InChI is InChI=1S/C18H19ClN4O2/c1-11-10-22(4)17(25)15-14(9-20-23(11)15)16(24)21-18(2,3)12-5-7-13(19)8-6-12/h5-10H,1-4H3,(H,21,24). The maximum atomic E-state index is 12.8. The molecule has 7 heteroatoms. The van der Waals surface area contributed by atoms with Gasteiger partial charge in [-0.15, -0.1) is 0 Å². The summed E-state index contributed by atoms with van der Waals surface area (Å²) in [6.45, 7) is 5.62. The maximum Gasteiger partial charge on any atom is 0.277 e. The van der Waals surface area contributed by atoms with E-state index in [0.29, 0.717) is 5.02 Å². The highest BCUT2D eigenvalue weighted by molar-refractivity contribution is 6.30. The summed E-state index contributed by atoms with van der Waals surface area (Å²) in [6.07, 6.45) is 3.11. The number of amides is 1. The highest BCUT2D eigenvalue weighted by Crippen LogP contribution is 2.23. The first-order chi connectivity index (χ1) is 11.7. The molecule has 2 heterocycles. The quantitative estimate of drug-likeness (QED) is 0.782. The van der Waals surface area contributed by atoms with Gasteiger partial charge in [-0.1, -0.05) is 23.7 Å². The van der Waals surface area contributed by atoms with Crippen molar-refractivity contribution in [2.24, 2.45) is 7.05 Å². The van der Waals surface area contributed by atoms with Crippen LogP contribution in [0.1, 0.15) is 35.5 Å². The summed E-state index contributed by atoms with van der Waals surface area (Å²) in [5.41, 5.74) is 1.31. The second-order valence-electron chi connectivity index (χ2n) is 6.59. The Balaban J connectivity index is 2.00. The summed E-state index contributed by atoms with van der Waals surface area (Å²) in [5.74, 6) is -0.349. The number of rotatable bonds is 3. The number of carbonyl (C=O) groups is 1. The molecule has 3 aromatic rings. The van der Waals surface area contributed by atoms with Crippen molar-refractivity contribution in [2.75, 3.05) is 0 Å². The van der Waals surface area contributed by atoms with Crippen LogP contribution in [0.25, 0.3) is 5.52 Å². The number of benzene rings is 1. The van der Waals surface area contributed by atoms with Gasteiger partial charge in [0.2, 0.25) is 0 Å². The van der Waals surface area contributed by atoms with Crippen molar-refractivity contribution in [1.29, 1.82) is 0 Å². The number of aryl methyl sites for hydroxylation is 2. The van der Waals surface area contributed by atoms with E-state index >= 15 is 0 Å². The molecule has 0 aliphatic rings. The fourth-order valence-corrected chi connectivity index (χ4v) is 2.96. The van der Waals surface area contributed by atoms with Crippen molar-refractivity contribution in [3.8, 4) is 0 Å². The molecular weight excluding hydrogens is 340 g/mol. The molecule has 25 heavy (non-hydrogen) atoms. The zero-order valence-corrected chi connectivity index (χ0v) is 15.3. The van der Waals surface area contributed by atoms with Crippen LogP contribution in [-0.4, -0.2) is 20.1 Å². The summed E-state index contributed by atoms with van der Waals surface area (Å²) in [6, 6.07) is 7.28. The Morgan fingerprint density at radius 2 is 1.88 bits per heavy atom. The van der Waals surface area contributed by atoms with Gasteiger partial charge in [0.25, 0.3) is 11.5 Å². The smallest absolute Gasteiger partial charge is 0.277 e. The summed E-state index contributed by atoms with van der Waals surface area (Å²) >= 11 is 5.93. The number of halogens is 1. The van der Waals surface area contributed by atoms with Crippen LogP contribution in [0, 0.1) is 6.92 Å². The third-order valence-corrected chi connectivity index (χ3v) is 4.50. The van der Waals surface area contributed by atoms with E-state index in [4.69, 9.17) is 11.6 Å². The predicted molar refractivity (Wildman–Crippen MR) is 97.1 cm³/mol. The Hall–Kier alpha value is -2.60. The second-order valence-corrected chi connectivity index (χ2v) is 7.03. The van der Waals surface area contributed by atoms with Crippen molar-refractivity contribution in [3.63, 3.8) is 0 Å². The fourth-order valence-electron chi connectivity index (χ4n) is 2.84. The van der Waals surface area contributed by atoms with E-state index in [1.807, 2.05) is 32.9 Å². The summed E-state index contributed by atoms with van der Waals surface area (Å²) in [7, 11) is 1.65. The van der Waals surface area contributed by atoms with E-state index in [2.05, 4.69) is 10.4 Å². The summed E-state index contributed by atoms with van der Waals surface area (Å²) in [4.78, 5) is 25.3. The van der Waals surface area contributed by atoms with Crippen LogP contribution in [0.5, 0.6) is 0 Å². The average molecular weight is 359 g/mol. The van der Waals surface area contributed by atoms with Crippen molar-refractivity contribution in [3.05, 3.63) is 68.9 Å². The molecule has 0 bridgehead atoms. The molecule has 0 unspecified atom stereocenters. The Kier molecular flexibility index (Phi) is 4.16. The Morgan fingerprint density at radius 3 is 2.52 bits per heavy atom. The third kappa shape index (κ3) is 3.05. The zero-order chi connectivity index (χ0) is 18.4. The predicted octanol–water partition coefficient (Wildman–Crippen LogP) is 2.66. The number of fused-ring (bicyclic) bond motifs is 1. The molecule has 0 fully saturated rings. The molecule has 0 saturated carbocycles. The lowest BCUT2D eigenvalue weighted by molar-refractivity contribution is 0.0913. The van der Waals surface area contributed by atoms with Gasteiger partial charge in [0.1, 0.15) is 5.52 Å². The minimum Gasteiger partial charge on any atom is -0.343 e. The summed E-state index contributed by atoms with van der Waals surface area (Å²) < 4.78 is 2.94. The number of carbonyl (C=O) groups excluding carboxylic acids is 1. The van der Waals surface area contributed by atoms with Crippen LogP contribution >= 0.6 is 11.6 Å². The Labute approximate surface area is 150 Å². The van der Waals surface area contributed by atoms with Gasteiger partial charge in [-0.2, -0.15) is 5.10 Å². The topological polar surface area (TPSA) is 68.4 Å². The molecule has 1 N–H and O–H groups in total. The molecule has 3 rings (SSSR count).